The molecule has 2 aromatic heterocycles. The van der Waals surface area contributed by atoms with E-state index in [9.17, 15) is 4.39 Å². The quantitative estimate of drug-likeness (QED) is 0.669. The molecule has 0 saturated carbocycles. The first-order chi connectivity index (χ1) is 13.3. The lowest BCUT2D eigenvalue weighted by Gasteiger charge is -2.32. The number of nitrogens with zero attached hydrogens (tertiary/aromatic N) is 4. The number of aromatic nitrogens is 3. The molecule has 1 aliphatic rings. The van der Waals surface area contributed by atoms with E-state index in [0.717, 1.165) is 42.7 Å². The summed E-state index contributed by atoms with van der Waals surface area (Å²) >= 11 is 0. The molecule has 1 fully saturated rings. The van der Waals surface area contributed by atoms with Gasteiger partial charge >= 0.3 is 0 Å². The number of pyridine rings is 1. The van der Waals surface area contributed by atoms with Crippen molar-refractivity contribution in [3.8, 4) is 5.69 Å². The predicted octanol–water partition coefficient (Wildman–Crippen LogP) is 3.59. The second-order valence-electron chi connectivity index (χ2n) is 6.87. The minimum absolute atomic E-state index is 0.212. The largest absolute Gasteiger partial charge is 0.373 e. The fourth-order valence-electron chi connectivity index (χ4n) is 3.49. The third kappa shape index (κ3) is 4.59. The average molecular weight is 366 g/mol. The Morgan fingerprint density at radius 2 is 2.00 bits per heavy atom. The molecule has 1 aliphatic heterocycles. The molecular weight excluding hydrogens is 343 g/mol. The van der Waals surface area contributed by atoms with Gasteiger partial charge in [0.1, 0.15) is 5.82 Å². The Morgan fingerprint density at radius 3 is 2.74 bits per heavy atom. The number of halogens is 1. The van der Waals surface area contributed by atoms with Crippen molar-refractivity contribution in [3.63, 3.8) is 0 Å². The van der Waals surface area contributed by atoms with Crippen LogP contribution in [0, 0.1) is 5.82 Å². The highest BCUT2D eigenvalue weighted by atomic mass is 19.1. The predicted molar refractivity (Wildman–Crippen MR) is 101 cm³/mol. The second-order valence-corrected chi connectivity index (χ2v) is 6.87. The van der Waals surface area contributed by atoms with E-state index < -0.39 is 0 Å². The van der Waals surface area contributed by atoms with Gasteiger partial charge in [0.05, 0.1) is 18.4 Å². The van der Waals surface area contributed by atoms with Crippen LogP contribution in [0.3, 0.4) is 0 Å². The Morgan fingerprint density at radius 1 is 1.11 bits per heavy atom. The first-order valence-electron chi connectivity index (χ1n) is 9.29. The molecule has 0 spiro atoms. The average Bonchev–Trinajstić information content (AvgIpc) is 3.23. The monoisotopic (exact) mass is 366 g/mol. The van der Waals surface area contributed by atoms with Crippen LogP contribution in [-0.2, 0) is 17.9 Å². The van der Waals surface area contributed by atoms with E-state index in [2.05, 4.69) is 15.0 Å². The molecule has 3 aromatic rings. The summed E-state index contributed by atoms with van der Waals surface area (Å²) in [6, 6.07) is 10.7. The maximum Gasteiger partial charge on any atom is 0.123 e. The van der Waals surface area contributed by atoms with E-state index in [1.54, 1.807) is 29.2 Å². The van der Waals surface area contributed by atoms with Crippen molar-refractivity contribution in [1.29, 1.82) is 0 Å². The Bertz CT molecular complexity index is 846. The Kier molecular flexibility index (Phi) is 5.55. The molecule has 1 aromatic carbocycles. The van der Waals surface area contributed by atoms with Gasteiger partial charge in [-0.15, -0.1) is 0 Å². The van der Waals surface area contributed by atoms with Crippen molar-refractivity contribution in [2.75, 3.05) is 13.1 Å². The smallest absolute Gasteiger partial charge is 0.123 e. The van der Waals surface area contributed by atoms with Crippen molar-refractivity contribution in [2.24, 2.45) is 0 Å². The van der Waals surface area contributed by atoms with E-state index in [4.69, 9.17) is 4.74 Å². The lowest BCUT2D eigenvalue weighted by atomic mass is 10.1. The van der Waals surface area contributed by atoms with Crippen LogP contribution in [0.2, 0.25) is 0 Å². The number of piperidine rings is 1. The van der Waals surface area contributed by atoms with E-state index in [-0.39, 0.29) is 11.9 Å². The van der Waals surface area contributed by atoms with Crippen LogP contribution in [0.15, 0.2) is 61.2 Å². The zero-order chi connectivity index (χ0) is 18.5. The Balaban J connectivity index is 1.34. The molecular formula is C21H23FN4O. The SMILES string of the molecule is Fc1ccc(-n2cccn2)c(CN2CCC(OCc3cccnc3)CC2)c1. The molecule has 0 aliphatic carbocycles. The molecule has 0 radical (unpaired) electrons. The molecule has 0 atom stereocenters. The molecule has 27 heavy (non-hydrogen) atoms. The van der Waals surface area contributed by atoms with Gasteiger partial charge in [-0.1, -0.05) is 6.07 Å². The summed E-state index contributed by atoms with van der Waals surface area (Å²) < 4.78 is 21.6. The molecule has 6 heteroatoms. The maximum atomic E-state index is 13.8. The summed E-state index contributed by atoms with van der Waals surface area (Å²) in [5.74, 6) is -0.212. The van der Waals surface area contributed by atoms with Gasteiger partial charge in [0, 0.05) is 44.4 Å². The van der Waals surface area contributed by atoms with E-state index >= 15 is 0 Å². The van der Waals surface area contributed by atoms with Crippen molar-refractivity contribution in [2.45, 2.75) is 32.1 Å². The zero-order valence-corrected chi connectivity index (χ0v) is 15.2. The summed E-state index contributed by atoms with van der Waals surface area (Å²) in [7, 11) is 0. The fourth-order valence-corrected chi connectivity index (χ4v) is 3.49. The van der Waals surface area contributed by atoms with Crippen molar-refractivity contribution in [3.05, 3.63) is 78.1 Å². The Labute approximate surface area is 158 Å². The minimum Gasteiger partial charge on any atom is -0.373 e. The van der Waals surface area contributed by atoms with Crippen LogP contribution in [0.5, 0.6) is 0 Å². The highest BCUT2D eigenvalue weighted by Gasteiger charge is 2.21. The standard InChI is InChI=1S/C21H23FN4O/c22-19-4-5-21(26-10-2-9-24-26)18(13-19)15-25-11-6-20(7-12-25)27-16-17-3-1-8-23-14-17/h1-5,8-10,13-14,20H,6-7,11-12,15-16H2. The van der Waals surface area contributed by atoms with Gasteiger partial charge < -0.3 is 4.74 Å². The normalized spacial score (nSPS) is 15.9. The van der Waals surface area contributed by atoms with Gasteiger partial charge in [-0.3, -0.25) is 9.88 Å². The maximum absolute atomic E-state index is 13.8. The third-order valence-corrected chi connectivity index (χ3v) is 4.93. The van der Waals surface area contributed by atoms with Crippen LogP contribution >= 0.6 is 0 Å². The Hall–Kier alpha value is -2.57. The summed E-state index contributed by atoms with van der Waals surface area (Å²) in [4.78, 5) is 6.47. The van der Waals surface area contributed by atoms with Gasteiger partial charge in [-0.05, 0) is 54.3 Å². The number of rotatable bonds is 6. The molecule has 0 unspecified atom stereocenters. The van der Waals surface area contributed by atoms with Gasteiger partial charge in [0.2, 0.25) is 0 Å². The molecule has 140 valence electrons. The summed E-state index contributed by atoms with van der Waals surface area (Å²) in [6.45, 7) is 3.19. The van der Waals surface area contributed by atoms with Crippen LogP contribution in [-0.4, -0.2) is 38.9 Å². The van der Waals surface area contributed by atoms with E-state index in [0.29, 0.717) is 13.2 Å². The molecule has 4 rings (SSSR count). The summed E-state index contributed by atoms with van der Waals surface area (Å²) in [6.07, 6.45) is 9.45. The van der Waals surface area contributed by atoms with E-state index in [1.807, 2.05) is 30.6 Å². The third-order valence-electron chi connectivity index (χ3n) is 4.93. The fraction of sp³-hybridized carbons (Fsp3) is 0.333. The molecule has 0 amide bonds. The lowest BCUT2D eigenvalue weighted by molar-refractivity contribution is -0.00405. The first kappa shape index (κ1) is 17.8. The summed E-state index contributed by atoms with van der Waals surface area (Å²) in [5.41, 5.74) is 2.98. The first-order valence-corrected chi connectivity index (χ1v) is 9.29. The van der Waals surface area contributed by atoms with Gasteiger partial charge in [-0.2, -0.15) is 5.10 Å². The number of likely N-dealkylation sites (tertiary alicyclic amines) is 1. The van der Waals surface area contributed by atoms with Gasteiger partial charge in [-0.25, -0.2) is 9.07 Å². The highest BCUT2D eigenvalue weighted by molar-refractivity contribution is 5.40. The van der Waals surface area contributed by atoms with Crippen LogP contribution in [0.1, 0.15) is 24.0 Å². The molecule has 1 saturated heterocycles. The van der Waals surface area contributed by atoms with Crippen molar-refractivity contribution in [1.82, 2.24) is 19.7 Å². The second kappa shape index (κ2) is 8.41. The topological polar surface area (TPSA) is 43.2 Å². The van der Waals surface area contributed by atoms with Gasteiger partial charge in [0.15, 0.2) is 0 Å². The number of hydrogen-bond donors (Lipinski definition) is 0. The molecule has 0 bridgehead atoms. The zero-order valence-electron chi connectivity index (χ0n) is 15.2. The van der Waals surface area contributed by atoms with E-state index in [1.165, 1.54) is 6.07 Å². The number of ether oxygens (including phenoxy) is 1. The van der Waals surface area contributed by atoms with Crippen LogP contribution in [0.25, 0.3) is 5.69 Å². The van der Waals surface area contributed by atoms with Crippen LogP contribution < -0.4 is 0 Å². The number of benzene rings is 1. The van der Waals surface area contributed by atoms with Crippen LogP contribution in [0.4, 0.5) is 4.39 Å². The molecule has 3 heterocycles. The van der Waals surface area contributed by atoms with Crippen molar-refractivity contribution >= 4 is 0 Å². The summed E-state index contributed by atoms with van der Waals surface area (Å²) in [5, 5.41) is 4.29. The minimum atomic E-state index is -0.212. The highest BCUT2D eigenvalue weighted by Crippen LogP contribution is 2.21. The van der Waals surface area contributed by atoms with Gasteiger partial charge in [0.25, 0.3) is 0 Å². The number of hydrogen-bond acceptors (Lipinski definition) is 4. The molecule has 5 nitrogen and oxygen atoms in total. The lowest BCUT2D eigenvalue weighted by Crippen LogP contribution is -2.36. The van der Waals surface area contributed by atoms with Crippen molar-refractivity contribution < 1.29 is 9.13 Å². The molecule has 0 N–H and O–H groups in total.